The maximum absolute atomic E-state index is 6.06. The number of hydrogen-bond acceptors (Lipinski definition) is 1. The van der Waals surface area contributed by atoms with E-state index in [4.69, 9.17) is 4.74 Å². The average Bonchev–Trinajstić information content (AvgIpc) is 3.41. The van der Waals surface area contributed by atoms with Crippen LogP contribution in [0.3, 0.4) is 0 Å². The van der Waals surface area contributed by atoms with Crippen LogP contribution < -0.4 is 0 Å². The molecule has 5 rings (SSSR count). The zero-order chi connectivity index (χ0) is 30.3. The van der Waals surface area contributed by atoms with Crippen LogP contribution in [-0.4, -0.2) is 28.4 Å². The lowest BCUT2D eigenvalue weighted by Gasteiger charge is -2.46. The molecule has 3 heteroatoms. The summed E-state index contributed by atoms with van der Waals surface area (Å²) in [5, 5.41) is 0. The molecule has 0 heterocycles. The maximum atomic E-state index is 6.06. The fourth-order valence-corrected chi connectivity index (χ4v) is 18.4. The van der Waals surface area contributed by atoms with Gasteiger partial charge in [-0.15, -0.1) is 0 Å². The lowest BCUT2D eigenvalue weighted by Crippen LogP contribution is -2.46. The van der Waals surface area contributed by atoms with Gasteiger partial charge in [-0.2, -0.15) is 0 Å². The minimum atomic E-state index is -1.75. The Morgan fingerprint density at radius 3 is 2.24 bits per heavy atom. The van der Waals surface area contributed by atoms with E-state index in [2.05, 4.69) is 115 Å². The van der Waals surface area contributed by atoms with Gasteiger partial charge in [0.2, 0.25) is 0 Å². The highest BCUT2D eigenvalue weighted by atomic mass is 28.3. The van der Waals surface area contributed by atoms with Crippen LogP contribution >= 0.6 is 0 Å². The van der Waals surface area contributed by atoms with Gasteiger partial charge in [0.15, 0.2) is 0 Å². The first kappa shape index (κ1) is 32.2. The van der Waals surface area contributed by atoms with E-state index in [1.54, 1.807) is 5.57 Å². The summed E-state index contributed by atoms with van der Waals surface area (Å²) in [6.07, 6.45) is 31.2. The molecular formula is C39H62OSi2. The number of fused-ring (bicyclic) bond motifs is 4. The van der Waals surface area contributed by atoms with E-state index in [-0.39, 0.29) is 5.60 Å². The number of ether oxygens (including phenoxy) is 1. The van der Waals surface area contributed by atoms with Gasteiger partial charge < -0.3 is 4.74 Å². The molecule has 232 valence electrons. The van der Waals surface area contributed by atoms with E-state index in [0.717, 1.165) is 29.5 Å². The van der Waals surface area contributed by atoms with Crippen LogP contribution in [0.25, 0.3) is 0 Å². The first-order valence-corrected chi connectivity index (χ1v) is 24.1. The molecule has 9 atom stereocenters. The standard InChI is InChI=1S/C39H62OSi2/c1-28-19-21-33-35(24-28)30(27-41(6,7)8)26-37(33)42(9,23-15-11-10-14-22-40-39(3,4)5)38-34-17-13-12-16-31(34)32-20-18-29(2)25-36(32)38/h12-13,16-18,20-21,24-25,30-32,34-38H,10-11,14-15,19,22-23,26-27H2,1-9H3. The Labute approximate surface area is 261 Å². The molecule has 9 unspecified atom stereocenters. The van der Waals surface area contributed by atoms with E-state index in [1.807, 2.05) is 5.57 Å². The molecule has 0 aromatic heterocycles. The molecule has 2 fully saturated rings. The lowest BCUT2D eigenvalue weighted by atomic mass is 9.82. The van der Waals surface area contributed by atoms with Gasteiger partial charge in [0.1, 0.15) is 0 Å². The molecule has 0 bridgehead atoms. The zero-order valence-corrected chi connectivity index (χ0v) is 30.6. The number of hydrogen-bond donors (Lipinski definition) is 0. The smallest absolute Gasteiger partial charge is 0.0621 e. The van der Waals surface area contributed by atoms with E-state index in [0.29, 0.717) is 23.7 Å². The Hall–Kier alpha value is -1.17. The third-order valence-corrected chi connectivity index (χ3v) is 19.1. The van der Waals surface area contributed by atoms with Crippen LogP contribution in [-0.2, 0) is 4.74 Å². The topological polar surface area (TPSA) is 9.23 Å². The second-order valence-electron chi connectivity index (χ2n) is 17.3. The predicted molar refractivity (Wildman–Crippen MR) is 189 cm³/mol. The second-order valence-corrected chi connectivity index (χ2v) is 27.7. The SMILES string of the molecule is CC1=CC2C(C=C1)C1C=CC=CC1C2[Si](C)(CCCCCCOC(C)(C)C)C1CC(C[Si](C)(C)C)C2C=C(C)CC=C21. The molecule has 0 aliphatic heterocycles. The highest BCUT2D eigenvalue weighted by Crippen LogP contribution is 2.66. The van der Waals surface area contributed by atoms with Crippen molar-refractivity contribution < 1.29 is 4.74 Å². The number of unbranched alkanes of at least 4 members (excludes halogenated alkanes) is 3. The summed E-state index contributed by atoms with van der Waals surface area (Å²) in [5.74, 6) is 4.38. The van der Waals surface area contributed by atoms with Crippen molar-refractivity contribution in [1.29, 1.82) is 0 Å². The van der Waals surface area contributed by atoms with E-state index >= 15 is 0 Å². The zero-order valence-electron chi connectivity index (χ0n) is 28.6. The Morgan fingerprint density at radius 2 is 1.52 bits per heavy atom. The van der Waals surface area contributed by atoms with Crippen LogP contribution in [0.2, 0.25) is 49.4 Å². The highest BCUT2D eigenvalue weighted by molar-refractivity contribution is 6.82. The van der Waals surface area contributed by atoms with Crippen molar-refractivity contribution in [3.05, 3.63) is 71.4 Å². The molecule has 0 aromatic rings. The van der Waals surface area contributed by atoms with E-state index in [9.17, 15) is 0 Å². The van der Waals surface area contributed by atoms with Crippen LogP contribution in [0, 0.1) is 35.5 Å². The Morgan fingerprint density at radius 1 is 0.833 bits per heavy atom. The van der Waals surface area contributed by atoms with Crippen molar-refractivity contribution in [2.45, 2.75) is 128 Å². The first-order chi connectivity index (χ1) is 19.8. The average molecular weight is 603 g/mol. The molecular weight excluding hydrogens is 541 g/mol. The molecule has 5 aliphatic rings. The quantitative estimate of drug-likeness (QED) is 0.130. The molecule has 0 N–H and O–H groups in total. The first-order valence-electron chi connectivity index (χ1n) is 17.5. The largest absolute Gasteiger partial charge is 0.376 e. The van der Waals surface area contributed by atoms with Gasteiger partial charge in [-0.25, -0.2) is 0 Å². The third-order valence-electron chi connectivity index (χ3n) is 11.5. The summed E-state index contributed by atoms with van der Waals surface area (Å²) >= 11 is 0. The molecule has 0 amide bonds. The fourth-order valence-electron chi connectivity index (χ4n) is 9.92. The van der Waals surface area contributed by atoms with Crippen LogP contribution in [0.5, 0.6) is 0 Å². The van der Waals surface area contributed by atoms with Crippen molar-refractivity contribution >= 4 is 16.1 Å². The monoisotopic (exact) mass is 602 g/mol. The molecule has 2 saturated carbocycles. The Balaban J connectivity index is 1.45. The summed E-state index contributed by atoms with van der Waals surface area (Å²) in [7, 11) is -2.91. The number of allylic oxidation sites excluding steroid dienone is 12. The third kappa shape index (κ3) is 7.04. The molecule has 0 radical (unpaired) electrons. The van der Waals surface area contributed by atoms with Crippen LogP contribution in [0.4, 0.5) is 0 Å². The second kappa shape index (κ2) is 12.7. The van der Waals surface area contributed by atoms with Crippen LogP contribution in [0.1, 0.15) is 73.1 Å². The van der Waals surface area contributed by atoms with Gasteiger partial charge in [0.25, 0.3) is 0 Å². The molecule has 0 aromatic carbocycles. The maximum Gasteiger partial charge on any atom is 0.0621 e. The van der Waals surface area contributed by atoms with Gasteiger partial charge in [-0.05, 0) is 94.6 Å². The Bertz CT molecular complexity index is 1150. The van der Waals surface area contributed by atoms with Gasteiger partial charge >= 0.3 is 0 Å². The molecule has 5 aliphatic carbocycles. The Kier molecular flexibility index (Phi) is 9.73. The van der Waals surface area contributed by atoms with E-state index in [1.165, 1.54) is 56.2 Å². The van der Waals surface area contributed by atoms with Crippen molar-refractivity contribution in [1.82, 2.24) is 0 Å². The van der Waals surface area contributed by atoms with Crippen molar-refractivity contribution in [3.63, 3.8) is 0 Å². The van der Waals surface area contributed by atoms with E-state index < -0.39 is 16.1 Å². The minimum Gasteiger partial charge on any atom is -0.376 e. The lowest BCUT2D eigenvalue weighted by molar-refractivity contribution is -0.00471. The highest BCUT2D eigenvalue weighted by Gasteiger charge is 2.59. The van der Waals surface area contributed by atoms with Gasteiger partial charge in [-0.3, -0.25) is 0 Å². The summed E-state index contributed by atoms with van der Waals surface area (Å²) in [5.41, 5.74) is 6.68. The molecule has 0 saturated heterocycles. The van der Waals surface area contributed by atoms with Gasteiger partial charge in [-0.1, -0.05) is 129 Å². The summed E-state index contributed by atoms with van der Waals surface area (Å²) in [4.78, 5) is 0. The summed E-state index contributed by atoms with van der Waals surface area (Å²) in [6.45, 7) is 22.9. The summed E-state index contributed by atoms with van der Waals surface area (Å²) in [6, 6.07) is 2.98. The van der Waals surface area contributed by atoms with Crippen molar-refractivity contribution in [2.24, 2.45) is 35.5 Å². The van der Waals surface area contributed by atoms with Crippen LogP contribution in [0.15, 0.2) is 71.4 Å². The van der Waals surface area contributed by atoms with Crippen molar-refractivity contribution in [3.8, 4) is 0 Å². The molecule has 42 heavy (non-hydrogen) atoms. The van der Waals surface area contributed by atoms with Crippen molar-refractivity contribution in [2.75, 3.05) is 6.61 Å². The summed E-state index contributed by atoms with van der Waals surface area (Å²) < 4.78 is 6.06. The minimum absolute atomic E-state index is 0.0188. The predicted octanol–water partition coefficient (Wildman–Crippen LogP) is 11.6. The van der Waals surface area contributed by atoms with Gasteiger partial charge in [0, 0.05) is 20.6 Å². The molecule has 0 spiro atoms. The fraction of sp³-hybridized carbons (Fsp3) is 0.692. The normalized spacial score (nSPS) is 35.2. The molecule has 1 nitrogen and oxygen atoms in total. The van der Waals surface area contributed by atoms with Gasteiger partial charge in [0.05, 0.1) is 13.7 Å². The number of rotatable bonds is 11.